The third-order valence-electron chi connectivity index (χ3n) is 3.97. The van der Waals surface area contributed by atoms with Gasteiger partial charge in [0.2, 0.25) is 0 Å². The molecule has 0 fully saturated rings. The number of rotatable bonds is 3. The second-order valence-electron chi connectivity index (χ2n) is 5.27. The molecule has 0 N–H and O–H groups in total. The van der Waals surface area contributed by atoms with Gasteiger partial charge in [-0.2, -0.15) is 0 Å². The summed E-state index contributed by atoms with van der Waals surface area (Å²) in [4.78, 5) is 1.70. The topological polar surface area (TPSA) is 43.6 Å². The van der Waals surface area contributed by atoms with Gasteiger partial charge in [-0.25, -0.2) is 0 Å². The first-order valence-electron chi connectivity index (χ1n) is 6.99. The molecule has 0 saturated carbocycles. The van der Waals surface area contributed by atoms with E-state index in [0.29, 0.717) is 3.63 Å². The van der Waals surface area contributed by atoms with Crippen LogP contribution < -0.4 is 24.8 Å². The van der Waals surface area contributed by atoms with Crippen molar-refractivity contribution in [2.24, 2.45) is 0 Å². The number of tetrazole rings is 1. The number of halogens is 2. The molecule has 2 aliphatic rings. The number of aromatic nitrogens is 4. The standard InChI is InChI=1S/C10H7N4.C6H7.2ClH.Zr/c1-2-4-9-6-10(5-8(9)3-1)14-12-7-11-13-14;1-6-4-2-3-5-6;;;/h1-7H;2,4H,3H2,1H3;2*1H;/q;;;;+2/p-2. The predicted molar refractivity (Wildman–Crippen MR) is 77.6 cm³/mol. The largest absolute Gasteiger partial charge is 1.00 e. The molecule has 116 valence electrons. The van der Waals surface area contributed by atoms with Crippen molar-refractivity contribution in [1.82, 2.24) is 20.2 Å². The fraction of sp³-hybridized carbons (Fsp3) is 0.188. The molecule has 0 bridgehead atoms. The molecule has 7 heteroatoms. The van der Waals surface area contributed by atoms with Gasteiger partial charge in [-0.1, -0.05) is 0 Å². The van der Waals surface area contributed by atoms with Crippen molar-refractivity contribution in [2.75, 3.05) is 0 Å². The van der Waals surface area contributed by atoms with E-state index in [1.807, 2.05) is 0 Å². The third kappa shape index (κ3) is 3.42. The molecule has 0 saturated heterocycles. The quantitative estimate of drug-likeness (QED) is 0.530. The third-order valence-corrected chi connectivity index (χ3v) is 8.50. The monoisotopic (exact) mass is 422 g/mol. The van der Waals surface area contributed by atoms with Crippen LogP contribution in [0.5, 0.6) is 0 Å². The number of hydrogen-bond acceptors (Lipinski definition) is 3. The summed E-state index contributed by atoms with van der Waals surface area (Å²) in [5, 5.41) is 12.2. The predicted octanol–water partition coefficient (Wildman–Crippen LogP) is -2.95. The molecule has 1 aromatic heterocycles. The van der Waals surface area contributed by atoms with Crippen molar-refractivity contribution in [1.29, 1.82) is 0 Å². The Hall–Kier alpha value is -1.03. The molecular formula is C16H14Cl2N4Zr. The van der Waals surface area contributed by atoms with Crippen LogP contribution in [-0.2, 0) is 23.2 Å². The Bertz CT molecular complexity index is 781. The van der Waals surface area contributed by atoms with E-state index in [4.69, 9.17) is 0 Å². The van der Waals surface area contributed by atoms with Gasteiger partial charge in [0.25, 0.3) is 0 Å². The van der Waals surface area contributed by atoms with Crippen LogP contribution in [0.2, 0.25) is 0 Å². The van der Waals surface area contributed by atoms with Crippen LogP contribution in [0.25, 0.3) is 11.8 Å². The zero-order valence-corrected chi connectivity index (χ0v) is 16.4. The van der Waals surface area contributed by atoms with Gasteiger partial charge in [-0.15, -0.1) is 0 Å². The smallest absolute Gasteiger partial charge is 1.00 e. The molecule has 1 heterocycles. The summed E-state index contributed by atoms with van der Waals surface area (Å²) in [6.07, 6.45) is 9.40. The van der Waals surface area contributed by atoms with Crippen molar-refractivity contribution in [2.45, 2.75) is 17.0 Å². The van der Waals surface area contributed by atoms with E-state index in [2.05, 4.69) is 64.8 Å². The van der Waals surface area contributed by atoms with Gasteiger partial charge < -0.3 is 24.8 Å². The number of nitrogens with zero attached hydrogens (tertiary/aromatic N) is 4. The Balaban J connectivity index is 0.000000960. The molecule has 0 spiro atoms. The molecule has 1 aromatic carbocycles. The van der Waals surface area contributed by atoms with Crippen LogP contribution >= 0.6 is 0 Å². The Labute approximate surface area is 159 Å². The molecule has 2 aliphatic carbocycles. The summed E-state index contributed by atoms with van der Waals surface area (Å²) in [6.45, 7) is 2.23. The van der Waals surface area contributed by atoms with Crippen LogP contribution in [0.1, 0.15) is 28.1 Å². The molecule has 0 amide bonds. The Kier molecular flexibility index (Phi) is 6.13. The molecule has 23 heavy (non-hydrogen) atoms. The SMILES string of the molecule is CC1=[C]([Zr+2][CH]2C(n3ncnn3)=Cc3ccccc32)CC=C1.[Cl-].[Cl-]. The maximum absolute atomic E-state index is 4.25. The molecular weight excluding hydrogens is 410 g/mol. The molecule has 2 aromatic rings. The van der Waals surface area contributed by atoms with E-state index in [0.717, 1.165) is 6.42 Å². The zero-order valence-electron chi connectivity index (χ0n) is 12.4. The van der Waals surface area contributed by atoms with Crippen LogP contribution in [0.15, 0.2) is 51.6 Å². The normalized spacial score (nSPS) is 18.0. The number of benzene rings is 1. The molecule has 1 unspecified atom stereocenters. The van der Waals surface area contributed by atoms with E-state index in [9.17, 15) is 0 Å². The van der Waals surface area contributed by atoms with Crippen LogP contribution in [0.3, 0.4) is 0 Å². The van der Waals surface area contributed by atoms with Crippen molar-refractivity contribution in [3.63, 3.8) is 0 Å². The minimum absolute atomic E-state index is 0. The Morgan fingerprint density at radius 2 is 2.04 bits per heavy atom. The molecule has 4 rings (SSSR count). The van der Waals surface area contributed by atoms with E-state index in [-0.39, 0.29) is 24.8 Å². The number of hydrogen-bond donors (Lipinski definition) is 0. The Morgan fingerprint density at radius 1 is 1.22 bits per heavy atom. The van der Waals surface area contributed by atoms with Gasteiger partial charge in [0.15, 0.2) is 0 Å². The van der Waals surface area contributed by atoms with Gasteiger partial charge in [-0.05, 0) is 0 Å². The van der Waals surface area contributed by atoms with Gasteiger partial charge in [0.1, 0.15) is 0 Å². The van der Waals surface area contributed by atoms with Gasteiger partial charge in [-0.3, -0.25) is 0 Å². The fourth-order valence-corrected chi connectivity index (χ4v) is 6.96. The summed E-state index contributed by atoms with van der Waals surface area (Å²) >= 11 is -0.768. The fourth-order valence-electron chi connectivity index (χ4n) is 2.88. The van der Waals surface area contributed by atoms with Gasteiger partial charge in [0.05, 0.1) is 0 Å². The average Bonchev–Trinajstić information content (AvgIpc) is 3.21. The number of fused-ring (bicyclic) bond motifs is 1. The second kappa shape index (κ2) is 7.70. The molecule has 4 nitrogen and oxygen atoms in total. The van der Waals surface area contributed by atoms with Crippen LogP contribution in [0.4, 0.5) is 0 Å². The maximum atomic E-state index is 4.25. The molecule has 1 atom stereocenters. The minimum Gasteiger partial charge on any atom is -1.00 e. The van der Waals surface area contributed by atoms with E-state index >= 15 is 0 Å². The molecule has 0 aliphatic heterocycles. The summed E-state index contributed by atoms with van der Waals surface area (Å²) < 4.78 is 2.15. The second-order valence-corrected chi connectivity index (χ2v) is 8.88. The first-order chi connectivity index (χ1) is 10.3. The van der Waals surface area contributed by atoms with Crippen LogP contribution in [0, 0.1) is 0 Å². The number of allylic oxidation sites excluding steroid dienone is 5. The van der Waals surface area contributed by atoms with Crippen molar-refractivity contribution >= 4 is 11.8 Å². The summed E-state index contributed by atoms with van der Waals surface area (Å²) in [5.74, 6) is 0. The van der Waals surface area contributed by atoms with Gasteiger partial charge >= 0.3 is 135 Å². The van der Waals surface area contributed by atoms with Crippen LogP contribution in [-0.4, -0.2) is 20.2 Å². The Morgan fingerprint density at radius 3 is 2.74 bits per heavy atom. The zero-order chi connectivity index (χ0) is 14.2. The molecule has 0 radical (unpaired) electrons. The van der Waals surface area contributed by atoms with Crippen molar-refractivity contribution in [3.8, 4) is 0 Å². The first kappa shape index (κ1) is 18.3. The summed E-state index contributed by atoms with van der Waals surface area (Å²) in [6, 6.07) is 8.65. The average molecular weight is 424 g/mol. The first-order valence-corrected chi connectivity index (χ1v) is 9.64. The van der Waals surface area contributed by atoms with E-state index in [1.165, 1.54) is 28.7 Å². The van der Waals surface area contributed by atoms with Crippen molar-refractivity contribution in [3.05, 3.63) is 62.7 Å². The van der Waals surface area contributed by atoms with E-state index < -0.39 is 23.2 Å². The van der Waals surface area contributed by atoms with E-state index in [1.54, 1.807) is 8.08 Å². The minimum atomic E-state index is -0.768. The van der Waals surface area contributed by atoms with Crippen molar-refractivity contribution < 1.29 is 48.0 Å². The van der Waals surface area contributed by atoms with Gasteiger partial charge in [0, 0.05) is 0 Å². The summed E-state index contributed by atoms with van der Waals surface area (Å²) in [7, 11) is 0. The maximum Gasteiger partial charge on any atom is -1.00 e. The summed E-state index contributed by atoms with van der Waals surface area (Å²) in [5.41, 5.74) is 5.40.